The van der Waals surface area contributed by atoms with E-state index in [0.717, 1.165) is 4.68 Å². The number of alkyl halides is 2. The molecule has 1 heterocycles. The van der Waals surface area contributed by atoms with Crippen molar-refractivity contribution in [3.8, 4) is 6.07 Å². The number of hydrogen-bond donors (Lipinski definition) is 0. The number of benzene rings is 1. The summed E-state index contributed by atoms with van der Waals surface area (Å²) in [7, 11) is 0. The average molecular weight is 286 g/mol. The van der Waals surface area contributed by atoms with Crippen molar-refractivity contribution >= 4 is 11.6 Å². The van der Waals surface area contributed by atoms with E-state index in [9.17, 15) is 13.2 Å². The molecule has 2 aromatic rings. The second-order valence-electron chi connectivity index (χ2n) is 3.75. The predicted molar refractivity (Wildman–Crippen MR) is 62.4 cm³/mol. The third-order valence-electron chi connectivity index (χ3n) is 2.48. The van der Waals surface area contributed by atoms with Crippen LogP contribution in [0.3, 0.4) is 0 Å². The van der Waals surface area contributed by atoms with Crippen LogP contribution in [0.5, 0.6) is 0 Å². The van der Waals surface area contributed by atoms with Crippen molar-refractivity contribution < 1.29 is 13.2 Å². The lowest BCUT2D eigenvalue weighted by molar-refractivity contribution is 0.144. The number of nitriles is 1. The topological polar surface area (TPSA) is 41.6 Å². The van der Waals surface area contributed by atoms with Gasteiger partial charge in [-0.3, -0.25) is 0 Å². The lowest BCUT2D eigenvalue weighted by Crippen LogP contribution is -2.02. The van der Waals surface area contributed by atoms with Crippen LogP contribution in [0.2, 0.25) is 5.15 Å². The fraction of sp³-hybridized carbons (Fsp3) is 0.167. The third kappa shape index (κ3) is 2.71. The summed E-state index contributed by atoms with van der Waals surface area (Å²) < 4.78 is 39.2. The van der Waals surface area contributed by atoms with Crippen molar-refractivity contribution in [1.29, 1.82) is 5.26 Å². The fourth-order valence-corrected chi connectivity index (χ4v) is 1.82. The highest BCUT2D eigenvalue weighted by Gasteiger charge is 2.23. The zero-order chi connectivity index (χ0) is 14.0. The molecule has 0 bridgehead atoms. The maximum absolute atomic E-state index is 12.7. The molecule has 0 saturated heterocycles. The Morgan fingerprint density at radius 2 is 1.95 bits per heavy atom. The molecule has 0 saturated carbocycles. The molecule has 19 heavy (non-hydrogen) atoms. The summed E-state index contributed by atoms with van der Waals surface area (Å²) in [5.41, 5.74) is -0.343. The molecule has 0 atom stereocenters. The second kappa shape index (κ2) is 5.33. The number of nitrogens with zero attached hydrogens (tertiary/aromatic N) is 3. The van der Waals surface area contributed by atoms with Crippen LogP contribution in [0.1, 0.15) is 23.2 Å². The van der Waals surface area contributed by atoms with Gasteiger partial charge in [-0.05, 0) is 17.7 Å². The number of halogens is 4. The van der Waals surface area contributed by atoms with Gasteiger partial charge in [-0.1, -0.05) is 23.7 Å². The molecule has 0 unspecified atom stereocenters. The van der Waals surface area contributed by atoms with Gasteiger partial charge in [-0.25, -0.2) is 17.9 Å². The maximum Gasteiger partial charge on any atom is 0.283 e. The number of hydrogen-bond acceptors (Lipinski definition) is 2. The van der Waals surface area contributed by atoms with Crippen molar-refractivity contribution in [2.75, 3.05) is 0 Å². The lowest BCUT2D eigenvalue weighted by Gasteiger charge is -2.03. The Morgan fingerprint density at radius 1 is 1.32 bits per heavy atom. The van der Waals surface area contributed by atoms with Gasteiger partial charge in [-0.2, -0.15) is 10.4 Å². The van der Waals surface area contributed by atoms with Crippen molar-refractivity contribution in [2.24, 2.45) is 0 Å². The Labute approximate surface area is 111 Å². The van der Waals surface area contributed by atoms with Crippen LogP contribution >= 0.6 is 11.6 Å². The molecule has 3 nitrogen and oxygen atoms in total. The SMILES string of the molecule is N#Cc1c(C(F)F)nn(Cc2ccc(F)cc2)c1Cl. The summed E-state index contributed by atoms with van der Waals surface area (Å²) in [6, 6.07) is 7.06. The zero-order valence-corrected chi connectivity index (χ0v) is 10.2. The van der Waals surface area contributed by atoms with Gasteiger partial charge in [0, 0.05) is 0 Å². The monoisotopic (exact) mass is 285 g/mol. The molecule has 0 aliphatic rings. The quantitative estimate of drug-likeness (QED) is 0.865. The summed E-state index contributed by atoms with van der Waals surface area (Å²) >= 11 is 5.83. The van der Waals surface area contributed by atoms with Gasteiger partial charge in [0.15, 0.2) is 0 Å². The minimum absolute atomic E-state index is 0.0838. The summed E-state index contributed by atoms with van der Waals surface area (Å²) in [5.74, 6) is -0.402. The standard InChI is InChI=1S/C12H7ClF3N3/c13-11-9(5-17)10(12(15)16)18-19(11)6-7-1-3-8(14)4-2-7/h1-4,12H,6H2. The molecule has 0 radical (unpaired) electrons. The van der Waals surface area contributed by atoms with Crippen molar-refractivity contribution in [3.63, 3.8) is 0 Å². The van der Waals surface area contributed by atoms with E-state index in [2.05, 4.69) is 5.10 Å². The van der Waals surface area contributed by atoms with Crippen LogP contribution in [-0.4, -0.2) is 9.78 Å². The van der Waals surface area contributed by atoms with Gasteiger partial charge in [0.1, 0.15) is 28.3 Å². The first-order valence-corrected chi connectivity index (χ1v) is 5.59. The molecule has 7 heteroatoms. The summed E-state index contributed by atoms with van der Waals surface area (Å²) in [6.45, 7) is 0.0838. The largest absolute Gasteiger partial charge is 0.283 e. The van der Waals surface area contributed by atoms with Gasteiger partial charge >= 0.3 is 0 Å². The van der Waals surface area contributed by atoms with E-state index in [1.54, 1.807) is 6.07 Å². The molecular formula is C12H7ClF3N3. The van der Waals surface area contributed by atoms with E-state index in [1.165, 1.54) is 24.3 Å². The Hall–Kier alpha value is -2.00. The molecule has 1 aromatic heterocycles. The molecule has 0 N–H and O–H groups in total. The molecule has 98 valence electrons. The Balaban J connectivity index is 2.36. The normalized spacial score (nSPS) is 10.7. The molecule has 0 aliphatic carbocycles. The molecule has 1 aromatic carbocycles. The highest BCUT2D eigenvalue weighted by Crippen LogP contribution is 2.27. The highest BCUT2D eigenvalue weighted by atomic mass is 35.5. The van der Waals surface area contributed by atoms with Crippen LogP contribution in [-0.2, 0) is 6.54 Å². The fourth-order valence-electron chi connectivity index (χ4n) is 1.58. The summed E-state index contributed by atoms with van der Waals surface area (Å²) in [6.07, 6.45) is -2.87. The first kappa shape index (κ1) is 13.4. The minimum Gasteiger partial charge on any atom is -0.248 e. The van der Waals surface area contributed by atoms with Gasteiger partial charge < -0.3 is 0 Å². The van der Waals surface area contributed by atoms with E-state index in [0.29, 0.717) is 5.56 Å². The molecular weight excluding hydrogens is 279 g/mol. The van der Waals surface area contributed by atoms with Crippen LogP contribution < -0.4 is 0 Å². The maximum atomic E-state index is 12.7. The number of aromatic nitrogens is 2. The van der Waals surface area contributed by atoms with Crippen LogP contribution in [0, 0.1) is 17.1 Å². The van der Waals surface area contributed by atoms with Gasteiger partial charge in [0.25, 0.3) is 6.43 Å². The zero-order valence-electron chi connectivity index (χ0n) is 9.45. The van der Waals surface area contributed by atoms with Gasteiger partial charge in [-0.15, -0.1) is 0 Å². The minimum atomic E-state index is -2.87. The highest BCUT2D eigenvalue weighted by molar-refractivity contribution is 6.30. The van der Waals surface area contributed by atoms with Crippen molar-refractivity contribution in [2.45, 2.75) is 13.0 Å². The van der Waals surface area contributed by atoms with Crippen LogP contribution in [0.25, 0.3) is 0 Å². The Kier molecular flexibility index (Phi) is 3.76. The van der Waals surface area contributed by atoms with E-state index < -0.39 is 17.9 Å². The van der Waals surface area contributed by atoms with Gasteiger partial charge in [0.2, 0.25) is 0 Å². The Bertz CT molecular complexity index is 629. The number of rotatable bonds is 3. The van der Waals surface area contributed by atoms with Crippen molar-refractivity contribution in [1.82, 2.24) is 9.78 Å². The third-order valence-corrected chi connectivity index (χ3v) is 2.87. The Morgan fingerprint density at radius 3 is 2.42 bits per heavy atom. The molecule has 0 amide bonds. The van der Waals surface area contributed by atoms with Crippen LogP contribution in [0.4, 0.5) is 13.2 Å². The molecule has 2 rings (SSSR count). The molecule has 0 spiro atoms. The second-order valence-corrected chi connectivity index (χ2v) is 4.11. The van der Waals surface area contributed by atoms with Gasteiger partial charge in [0.05, 0.1) is 6.54 Å². The molecule has 0 aliphatic heterocycles. The smallest absolute Gasteiger partial charge is 0.248 e. The average Bonchev–Trinajstić information content (AvgIpc) is 2.69. The summed E-state index contributed by atoms with van der Waals surface area (Å²) in [5, 5.41) is 12.3. The lowest BCUT2D eigenvalue weighted by atomic mass is 10.2. The van der Waals surface area contributed by atoms with E-state index >= 15 is 0 Å². The van der Waals surface area contributed by atoms with E-state index in [1.807, 2.05) is 0 Å². The first-order chi connectivity index (χ1) is 9.02. The van der Waals surface area contributed by atoms with Crippen molar-refractivity contribution in [3.05, 3.63) is 52.1 Å². The predicted octanol–water partition coefficient (Wildman–Crippen LogP) is 3.53. The van der Waals surface area contributed by atoms with Crippen LogP contribution in [0.15, 0.2) is 24.3 Å². The van der Waals surface area contributed by atoms with E-state index in [-0.39, 0.29) is 17.3 Å². The summed E-state index contributed by atoms with van der Waals surface area (Å²) in [4.78, 5) is 0. The molecule has 0 fully saturated rings. The van der Waals surface area contributed by atoms with E-state index in [4.69, 9.17) is 16.9 Å². The first-order valence-electron chi connectivity index (χ1n) is 5.22.